The molecule has 0 aliphatic carbocycles. The monoisotopic (exact) mass is 250 g/mol. The fraction of sp³-hybridized carbons (Fsp3) is 0.250. The number of carbonyl (C=O) groups is 1. The lowest BCUT2D eigenvalue weighted by atomic mass is 10.1. The number of rotatable bonds is 4. The number of aromatic nitrogens is 1. The number of nitrogens with zero attached hydrogens (tertiary/aromatic N) is 2. The number of halogens is 3. The number of hydrogen-bond donors (Lipinski definition) is 1. The van der Waals surface area contributed by atoms with Gasteiger partial charge in [-0.2, -0.15) is 4.39 Å². The Morgan fingerprint density at radius 2 is 2.18 bits per heavy atom. The van der Waals surface area contributed by atoms with Crippen LogP contribution in [0, 0.1) is 16.1 Å². The van der Waals surface area contributed by atoms with Crippen LogP contribution in [0.3, 0.4) is 0 Å². The van der Waals surface area contributed by atoms with Gasteiger partial charge < -0.3 is 5.11 Å². The summed E-state index contributed by atoms with van der Waals surface area (Å²) in [5.41, 5.74) is -2.90. The van der Waals surface area contributed by atoms with Gasteiger partial charge in [0.15, 0.2) is 0 Å². The molecule has 0 amide bonds. The summed E-state index contributed by atoms with van der Waals surface area (Å²) in [4.78, 5) is 22.3. The first-order chi connectivity index (χ1) is 7.82. The lowest BCUT2D eigenvalue weighted by Gasteiger charge is -2.06. The van der Waals surface area contributed by atoms with Crippen molar-refractivity contribution in [1.29, 1.82) is 0 Å². The summed E-state index contributed by atoms with van der Waals surface area (Å²) in [6.07, 6.45) is -4.11. The van der Waals surface area contributed by atoms with E-state index < -0.39 is 46.6 Å². The SMILES string of the molecule is O=C(O)Cc1nc(F)c([N+](=O)[O-])cc1C(F)F. The van der Waals surface area contributed by atoms with Crippen LogP contribution in [0.4, 0.5) is 18.9 Å². The maximum Gasteiger partial charge on any atom is 0.324 e. The van der Waals surface area contributed by atoms with Crippen LogP contribution < -0.4 is 0 Å². The molecule has 0 aromatic carbocycles. The van der Waals surface area contributed by atoms with E-state index in [0.29, 0.717) is 6.07 Å². The second kappa shape index (κ2) is 4.76. The Balaban J connectivity index is 3.35. The first-order valence-electron chi connectivity index (χ1n) is 4.16. The lowest BCUT2D eigenvalue weighted by Crippen LogP contribution is -2.09. The van der Waals surface area contributed by atoms with Crippen LogP contribution in [0.15, 0.2) is 6.07 Å². The maximum atomic E-state index is 13.0. The molecule has 17 heavy (non-hydrogen) atoms. The van der Waals surface area contributed by atoms with Gasteiger partial charge in [-0.15, -0.1) is 0 Å². The molecule has 0 unspecified atom stereocenters. The van der Waals surface area contributed by atoms with Crippen molar-refractivity contribution in [1.82, 2.24) is 4.98 Å². The molecule has 1 heterocycles. The fourth-order valence-corrected chi connectivity index (χ4v) is 1.13. The maximum absolute atomic E-state index is 13.0. The summed E-state index contributed by atoms with van der Waals surface area (Å²) < 4.78 is 38.0. The normalized spacial score (nSPS) is 10.6. The number of carboxylic acid groups (broad SMARTS) is 1. The van der Waals surface area contributed by atoms with E-state index in [1.165, 1.54) is 0 Å². The van der Waals surface area contributed by atoms with Crippen LogP contribution in [-0.4, -0.2) is 21.0 Å². The quantitative estimate of drug-likeness (QED) is 0.498. The third-order valence-electron chi connectivity index (χ3n) is 1.82. The highest BCUT2D eigenvalue weighted by Crippen LogP contribution is 2.27. The summed E-state index contributed by atoms with van der Waals surface area (Å²) >= 11 is 0. The molecule has 0 fully saturated rings. The molecule has 1 N–H and O–H groups in total. The van der Waals surface area contributed by atoms with Crippen LogP contribution >= 0.6 is 0 Å². The van der Waals surface area contributed by atoms with E-state index in [4.69, 9.17) is 5.11 Å². The van der Waals surface area contributed by atoms with E-state index >= 15 is 0 Å². The van der Waals surface area contributed by atoms with Crippen LogP contribution in [-0.2, 0) is 11.2 Å². The number of aliphatic carboxylic acids is 1. The molecule has 0 atom stereocenters. The topological polar surface area (TPSA) is 93.3 Å². The Hall–Kier alpha value is -2.19. The second-order valence-corrected chi connectivity index (χ2v) is 2.96. The molecule has 6 nitrogen and oxygen atoms in total. The van der Waals surface area contributed by atoms with Gasteiger partial charge in [0.1, 0.15) is 0 Å². The first kappa shape index (κ1) is 12.9. The van der Waals surface area contributed by atoms with Crippen molar-refractivity contribution in [2.75, 3.05) is 0 Å². The van der Waals surface area contributed by atoms with Crippen LogP contribution in [0.2, 0.25) is 0 Å². The van der Waals surface area contributed by atoms with Crippen molar-refractivity contribution in [3.63, 3.8) is 0 Å². The molecule has 0 saturated carbocycles. The van der Waals surface area contributed by atoms with Gasteiger partial charge in [0.05, 0.1) is 17.0 Å². The van der Waals surface area contributed by atoms with E-state index in [0.717, 1.165) is 0 Å². The highest BCUT2D eigenvalue weighted by molar-refractivity contribution is 5.70. The molecule has 0 bridgehead atoms. The van der Waals surface area contributed by atoms with Crippen molar-refractivity contribution < 1.29 is 28.0 Å². The van der Waals surface area contributed by atoms with Crippen molar-refractivity contribution in [3.05, 3.63) is 33.4 Å². The highest BCUT2D eigenvalue weighted by Gasteiger charge is 2.25. The van der Waals surface area contributed by atoms with Gasteiger partial charge in [0.2, 0.25) is 0 Å². The Morgan fingerprint density at radius 3 is 2.59 bits per heavy atom. The third-order valence-corrected chi connectivity index (χ3v) is 1.82. The van der Waals surface area contributed by atoms with E-state index in [9.17, 15) is 28.1 Å². The summed E-state index contributed by atoms with van der Waals surface area (Å²) in [5.74, 6) is -3.08. The zero-order valence-electron chi connectivity index (χ0n) is 8.06. The average molecular weight is 250 g/mol. The molecule has 0 saturated heterocycles. The Bertz CT molecular complexity index is 478. The zero-order valence-corrected chi connectivity index (χ0v) is 8.06. The molecular formula is C8H5F3N2O4. The predicted molar refractivity (Wildman–Crippen MR) is 47.1 cm³/mol. The molecule has 1 aromatic rings. The Kier molecular flexibility index (Phi) is 3.61. The minimum absolute atomic E-state index is 0.297. The molecule has 92 valence electrons. The third kappa shape index (κ3) is 2.89. The smallest absolute Gasteiger partial charge is 0.324 e. The number of alkyl halides is 2. The number of hydrogen-bond acceptors (Lipinski definition) is 4. The molecule has 0 aliphatic heterocycles. The summed E-state index contributed by atoms with van der Waals surface area (Å²) in [5, 5.41) is 18.7. The molecule has 0 radical (unpaired) electrons. The average Bonchev–Trinajstić information content (AvgIpc) is 2.15. The second-order valence-electron chi connectivity index (χ2n) is 2.96. The van der Waals surface area contributed by atoms with Gasteiger partial charge in [-0.1, -0.05) is 0 Å². The first-order valence-corrected chi connectivity index (χ1v) is 4.16. The Labute approximate surface area is 91.9 Å². The van der Waals surface area contributed by atoms with Gasteiger partial charge >= 0.3 is 11.7 Å². The minimum atomic E-state index is -3.17. The van der Waals surface area contributed by atoms with E-state index in [-0.39, 0.29) is 0 Å². The van der Waals surface area contributed by atoms with E-state index in [1.54, 1.807) is 0 Å². The van der Waals surface area contributed by atoms with Crippen molar-refractivity contribution in [3.8, 4) is 0 Å². The van der Waals surface area contributed by atoms with Crippen LogP contribution in [0.25, 0.3) is 0 Å². The highest BCUT2D eigenvalue weighted by atomic mass is 19.3. The minimum Gasteiger partial charge on any atom is -0.481 e. The Morgan fingerprint density at radius 1 is 1.59 bits per heavy atom. The standard InChI is InChI=1S/C8H5F3N2O4/c9-7(10)3-1-5(13(16)17)8(11)12-4(3)2-6(14)15/h1,7H,2H2,(H,14,15). The van der Waals surface area contributed by atoms with Gasteiger partial charge in [-0.05, 0) is 0 Å². The molecular weight excluding hydrogens is 245 g/mol. The summed E-state index contributed by atoms with van der Waals surface area (Å²) in [7, 11) is 0. The molecule has 0 spiro atoms. The summed E-state index contributed by atoms with van der Waals surface area (Å²) in [6.45, 7) is 0. The number of pyridine rings is 1. The number of nitro groups is 1. The van der Waals surface area contributed by atoms with Crippen LogP contribution in [0.5, 0.6) is 0 Å². The van der Waals surface area contributed by atoms with Gasteiger partial charge in [0.25, 0.3) is 12.4 Å². The molecule has 0 aliphatic rings. The van der Waals surface area contributed by atoms with E-state index in [2.05, 4.69) is 4.98 Å². The lowest BCUT2D eigenvalue weighted by molar-refractivity contribution is -0.388. The fourth-order valence-electron chi connectivity index (χ4n) is 1.13. The van der Waals surface area contributed by atoms with E-state index in [1.807, 2.05) is 0 Å². The number of carboxylic acids is 1. The molecule has 1 rings (SSSR count). The predicted octanol–water partition coefficient (Wildman–Crippen LogP) is 1.69. The van der Waals surface area contributed by atoms with Gasteiger partial charge in [0, 0.05) is 11.6 Å². The molecule has 9 heteroatoms. The molecule has 1 aromatic heterocycles. The van der Waals surface area contributed by atoms with Crippen molar-refractivity contribution in [2.24, 2.45) is 0 Å². The van der Waals surface area contributed by atoms with Gasteiger partial charge in [-0.3, -0.25) is 14.9 Å². The van der Waals surface area contributed by atoms with Gasteiger partial charge in [-0.25, -0.2) is 13.8 Å². The van der Waals surface area contributed by atoms with Crippen LogP contribution in [0.1, 0.15) is 17.7 Å². The largest absolute Gasteiger partial charge is 0.481 e. The van der Waals surface area contributed by atoms with Crippen molar-refractivity contribution in [2.45, 2.75) is 12.8 Å². The van der Waals surface area contributed by atoms with Crippen molar-refractivity contribution >= 4 is 11.7 Å². The zero-order chi connectivity index (χ0) is 13.2. The summed E-state index contributed by atoms with van der Waals surface area (Å²) in [6, 6.07) is 0.297.